The third-order valence-electron chi connectivity index (χ3n) is 4.63. The number of rotatable bonds is 5. The summed E-state index contributed by atoms with van der Waals surface area (Å²) in [4.78, 5) is 25.4. The summed E-state index contributed by atoms with van der Waals surface area (Å²) in [5.41, 5.74) is -1.24. The maximum Gasteiger partial charge on any atom is 0.231 e. The summed E-state index contributed by atoms with van der Waals surface area (Å²) in [7, 11) is 2.86. The van der Waals surface area contributed by atoms with Crippen molar-refractivity contribution in [3.05, 3.63) is 41.1 Å². The quantitative estimate of drug-likeness (QED) is 0.731. The molecule has 0 radical (unpaired) electrons. The Balaban J connectivity index is 2.22. The molecule has 0 amide bonds. The predicted octanol–water partition coefficient (Wildman–Crippen LogP) is 3.37. The summed E-state index contributed by atoms with van der Waals surface area (Å²) in [6.07, 6.45) is 3.02. The highest BCUT2D eigenvalue weighted by Gasteiger charge is 2.59. The van der Waals surface area contributed by atoms with Crippen molar-refractivity contribution in [1.82, 2.24) is 0 Å². The minimum atomic E-state index is -1.45. The van der Waals surface area contributed by atoms with Crippen LogP contribution >= 0.6 is 11.6 Å². The SMILES string of the molecule is C=CCOc1cc(OC)c(Cl)c2c1C(=O)[C@@]1(O2)C(OC)=CC(=O)C[C@H]1C. The second-order valence-electron chi connectivity index (χ2n) is 6.15. The van der Waals surface area contributed by atoms with E-state index in [0.717, 1.165) is 0 Å². The number of methoxy groups -OCH3 is 2. The van der Waals surface area contributed by atoms with E-state index in [9.17, 15) is 9.59 Å². The van der Waals surface area contributed by atoms with Crippen LogP contribution in [-0.4, -0.2) is 38.0 Å². The van der Waals surface area contributed by atoms with Crippen molar-refractivity contribution in [3.8, 4) is 17.2 Å². The third kappa shape index (κ3) is 2.48. The fraction of sp³-hybridized carbons (Fsp3) is 0.368. The van der Waals surface area contributed by atoms with Crippen LogP contribution in [0.25, 0.3) is 0 Å². The number of allylic oxidation sites excluding steroid dienone is 1. The number of ketones is 2. The molecule has 1 aromatic rings. The molecule has 1 spiro atoms. The Kier molecular flexibility index (Phi) is 4.71. The molecule has 2 atom stereocenters. The average Bonchev–Trinajstić information content (AvgIpc) is 2.93. The third-order valence-corrected chi connectivity index (χ3v) is 4.99. The van der Waals surface area contributed by atoms with Crippen LogP contribution in [0.2, 0.25) is 5.02 Å². The molecule has 0 fully saturated rings. The van der Waals surface area contributed by atoms with Crippen molar-refractivity contribution >= 4 is 23.2 Å². The van der Waals surface area contributed by atoms with Crippen molar-refractivity contribution in [2.24, 2.45) is 5.92 Å². The van der Waals surface area contributed by atoms with Crippen LogP contribution in [0, 0.1) is 5.92 Å². The lowest BCUT2D eigenvalue weighted by molar-refractivity contribution is -0.118. The van der Waals surface area contributed by atoms with Gasteiger partial charge in [0.15, 0.2) is 17.3 Å². The van der Waals surface area contributed by atoms with Gasteiger partial charge in [-0.1, -0.05) is 31.2 Å². The van der Waals surface area contributed by atoms with E-state index in [-0.39, 0.29) is 52.4 Å². The average molecular weight is 379 g/mol. The number of halogens is 1. The molecule has 2 aliphatic rings. The van der Waals surface area contributed by atoms with E-state index in [4.69, 9.17) is 30.5 Å². The molecule has 1 aromatic carbocycles. The van der Waals surface area contributed by atoms with Crippen LogP contribution < -0.4 is 14.2 Å². The molecule has 0 unspecified atom stereocenters. The fourth-order valence-electron chi connectivity index (χ4n) is 3.40. The van der Waals surface area contributed by atoms with Crippen molar-refractivity contribution in [1.29, 1.82) is 0 Å². The van der Waals surface area contributed by atoms with Crippen LogP contribution in [0.3, 0.4) is 0 Å². The van der Waals surface area contributed by atoms with Gasteiger partial charge in [0, 0.05) is 24.5 Å². The van der Waals surface area contributed by atoms with Gasteiger partial charge in [-0.3, -0.25) is 9.59 Å². The minimum absolute atomic E-state index is 0.126. The topological polar surface area (TPSA) is 71.1 Å². The van der Waals surface area contributed by atoms with Gasteiger partial charge in [-0.15, -0.1) is 0 Å². The standard InChI is InChI=1S/C19H19ClO6/c1-5-6-25-12-9-13(23-3)16(20)17-15(12)18(22)19(26-17)10(2)7-11(21)8-14(19)24-4/h5,8-10H,1,6-7H2,2-4H3/t10-,19+/m1/s1. The van der Waals surface area contributed by atoms with Crippen LogP contribution in [0.15, 0.2) is 30.6 Å². The minimum Gasteiger partial charge on any atom is -0.496 e. The Morgan fingerprint density at radius 3 is 2.69 bits per heavy atom. The summed E-state index contributed by atoms with van der Waals surface area (Å²) < 4.78 is 22.4. The van der Waals surface area contributed by atoms with Crippen molar-refractivity contribution in [2.45, 2.75) is 18.9 Å². The molecule has 0 aromatic heterocycles. The Morgan fingerprint density at radius 2 is 2.08 bits per heavy atom. The number of hydrogen-bond donors (Lipinski definition) is 0. The highest BCUT2D eigenvalue weighted by atomic mass is 35.5. The smallest absolute Gasteiger partial charge is 0.231 e. The lowest BCUT2D eigenvalue weighted by atomic mass is 9.75. The molecular formula is C19H19ClO6. The van der Waals surface area contributed by atoms with Gasteiger partial charge in [-0.05, 0) is 0 Å². The fourth-order valence-corrected chi connectivity index (χ4v) is 3.67. The van der Waals surface area contributed by atoms with Gasteiger partial charge in [0.05, 0.1) is 14.2 Å². The monoisotopic (exact) mass is 378 g/mol. The zero-order chi connectivity index (χ0) is 19.1. The molecule has 1 aliphatic carbocycles. The lowest BCUT2D eigenvalue weighted by Crippen LogP contribution is -2.51. The first-order chi connectivity index (χ1) is 12.4. The second-order valence-corrected chi connectivity index (χ2v) is 6.52. The molecule has 6 nitrogen and oxygen atoms in total. The number of fused-ring (bicyclic) bond motifs is 1. The molecule has 1 aliphatic heterocycles. The zero-order valence-electron chi connectivity index (χ0n) is 14.8. The molecular weight excluding hydrogens is 360 g/mol. The normalized spacial score (nSPS) is 24.0. The van der Waals surface area contributed by atoms with E-state index in [1.165, 1.54) is 20.3 Å². The first kappa shape index (κ1) is 18.3. The molecule has 138 valence electrons. The van der Waals surface area contributed by atoms with Gasteiger partial charge in [-0.2, -0.15) is 0 Å². The van der Waals surface area contributed by atoms with Gasteiger partial charge in [0.1, 0.15) is 28.7 Å². The molecule has 0 saturated heterocycles. The number of hydrogen-bond acceptors (Lipinski definition) is 6. The molecule has 0 N–H and O–H groups in total. The summed E-state index contributed by atoms with van der Waals surface area (Å²) in [6.45, 7) is 5.57. The maximum absolute atomic E-state index is 13.4. The first-order valence-electron chi connectivity index (χ1n) is 8.07. The molecule has 0 saturated carbocycles. The van der Waals surface area contributed by atoms with E-state index >= 15 is 0 Å². The Morgan fingerprint density at radius 1 is 1.35 bits per heavy atom. The van der Waals surface area contributed by atoms with E-state index < -0.39 is 11.5 Å². The summed E-state index contributed by atoms with van der Waals surface area (Å²) >= 11 is 6.39. The van der Waals surface area contributed by atoms with Crippen LogP contribution in [0.5, 0.6) is 17.2 Å². The van der Waals surface area contributed by atoms with Crippen LogP contribution in [-0.2, 0) is 9.53 Å². The van der Waals surface area contributed by atoms with Gasteiger partial charge >= 0.3 is 0 Å². The largest absolute Gasteiger partial charge is 0.496 e. The number of carbonyl (C=O) groups excluding carboxylic acids is 2. The van der Waals surface area contributed by atoms with Gasteiger partial charge < -0.3 is 18.9 Å². The maximum atomic E-state index is 13.4. The number of benzene rings is 1. The van der Waals surface area contributed by atoms with Gasteiger partial charge in [-0.25, -0.2) is 0 Å². The van der Waals surface area contributed by atoms with Gasteiger partial charge in [0.2, 0.25) is 11.4 Å². The van der Waals surface area contributed by atoms with E-state index in [2.05, 4.69) is 6.58 Å². The molecule has 0 bridgehead atoms. The number of carbonyl (C=O) groups is 2. The summed E-state index contributed by atoms with van der Waals surface area (Å²) in [6, 6.07) is 1.54. The van der Waals surface area contributed by atoms with Crippen molar-refractivity contribution < 1.29 is 28.5 Å². The highest BCUT2D eigenvalue weighted by Crippen LogP contribution is 2.54. The first-order valence-corrected chi connectivity index (χ1v) is 8.45. The zero-order valence-corrected chi connectivity index (χ0v) is 15.5. The Bertz CT molecular complexity index is 828. The molecule has 3 rings (SSSR count). The Labute approximate surface area is 156 Å². The molecule has 1 heterocycles. The van der Waals surface area contributed by atoms with E-state index in [1.807, 2.05) is 0 Å². The predicted molar refractivity (Wildman–Crippen MR) is 95.3 cm³/mol. The van der Waals surface area contributed by atoms with Crippen molar-refractivity contribution in [2.75, 3.05) is 20.8 Å². The highest BCUT2D eigenvalue weighted by molar-refractivity contribution is 6.35. The number of ether oxygens (including phenoxy) is 4. The molecule has 7 heteroatoms. The molecule has 26 heavy (non-hydrogen) atoms. The van der Waals surface area contributed by atoms with Crippen LogP contribution in [0.1, 0.15) is 23.7 Å². The van der Waals surface area contributed by atoms with Crippen LogP contribution in [0.4, 0.5) is 0 Å². The van der Waals surface area contributed by atoms with Crippen molar-refractivity contribution in [3.63, 3.8) is 0 Å². The summed E-state index contributed by atoms with van der Waals surface area (Å²) in [5, 5.41) is 0.165. The van der Waals surface area contributed by atoms with E-state index in [0.29, 0.717) is 5.75 Å². The number of Topliss-reactive ketones (excluding diaryl/α,β-unsaturated/α-hetero) is 1. The lowest BCUT2D eigenvalue weighted by Gasteiger charge is -2.36. The van der Waals surface area contributed by atoms with Gasteiger partial charge in [0.25, 0.3) is 0 Å². The Hall–Kier alpha value is -2.47. The second kappa shape index (κ2) is 6.68. The summed E-state index contributed by atoms with van der Waals surface area (Å²) in [5.74, 6) is -0.00158. The van der Waals surface area contributed by atoms with E-state index in [1.54, 1.807) is 19.1 Å².